The Bertz CT molecular complexity index is 334. The number of nitrogens with zero attached hydrogens (tertiary/aromatic N) is 2. The molecule has 0 saturated carbocycles. The zero-order valence-corrected chi connectivity index (χ0v) is 13.6. The van der Waals surface area contributed by atoms with E-state index in [9.17, 15) is 4.79 Å². The van der Waals surface area contributed by atoms with E-state index in [1.54, 1.807) is 6.92 Å². The molecule has 6 nitrogen and oxygen atoms in total. The molecule has 0 aliphatic rings. The van der Waals surface area contributed by atoms with Crippen LogP contribution in [0, 0.1) is 5.41 Å². The monoisotopic (exact) mass is 286 g/mol. The lowest BCUT2D eigenvalue weighted by Gasteiger charge is -2.31. The zero-order valence-electron chi connectivity index (χ0n) is 13.6. The van der Waals surface area contributed by atoms with Crippen molar-refractivity contribution < 1.29 is 10.0 Å². The summed E-state index contributed by atoms with van der Waals surface area (Å²) in [5, 5.41) is 14.6. The number of rotatable bonds is 8. The van der Waals surface area contributed by atoms with E-state index in [0.717, 1.165) is 6.54 Å². The molecule has 0 aromatic heterocycles. The molecule has 1 unspecified atom stereocenters. The molecular formula is C14H30N4O2. The Balaban J connectivity index is 4.56. The van der Waals surface area contributed by atoms with Crippen LogP contribution in [0.3, 0.4) is 0 Å². The lowest BCUT2D eigenvalue weighted by atomic mass is 9.85. The summed E-state index contributed by atoms with van der Waals surface area (Å²) in [4.78, 5) is 14.5. The van der Waals surface area contributed by atoms with Gasteiger partial charge >= 0.3 is 0 Å². The quantitative estimate of drug-likeness (QED) is 0.272. The molecule has 0 bridgehead atoms. The molecule has 0 heterocycles. The van der Waals surface area contributed by atoms with Gasteiger partial charge in [0.05, 0.1) is 0 Å². The Hall–Kier alpha value is -1.30. The summed E-state index contributed by atoms with van der Waals surface area (Å²) in [5.74, 6) is -0.259. The largest absolute Gasteiger partial charge is 0.409 e. The van der Waals surface area contributed by atoms with Gasteiger partial charge < -0.3 is 16.3 Å². The van der Waals surface area contributed by atoms with Crippen LogP contribution in [0.1, 0.15) is 48.0 Å². The third kappa shape index (κ3) is 4.67. The van der Waals surface area contributed by atoms with Crippen molar-refractivity contribution in [2.45, 2.75) is 60.0 Å². The average molecular weight is 286 g/mol. The maximum absolute atomic E-state index is 12.2. The van der Waals surface area contributed by atoms with Crippen LogP contribution in [-0.4, -0.2) is 47.0 Å². The lowest BCUT2D eigenvalue weighted by Crippen LogP contribution is -2.50. The van der Waals surface area contributed by atoms with E-state index in [-0.39, 0.29) is 11.7 Å². The van der Waals surface area contributed by atoms with Gasteiger partial charge in [-0.15, -0.1) is 0 Å². The Labute approximate surface area is 122 Å². The summed E-state index contributed by atoms with van der Waals surface area (Å²) in [6.07, 6.45) is 0.479. The molecule has 0 radical (unpaired) electrons. The Morgan fingerprint density at radius 3 is 2.20 bits per heavy atom. The highest BCUT2D eigenvalue weighted by atomic mass is 16.4. The van der Waals surface area contributed by atoms with Crippen molar-refractivity contribution in [3.8, 4) is 0 Å². The normalized spacial score (nSPS) is 15.8. The molecule has 0 aromatic carbocycles. The third-order valence-electron chi connectivity index (χ3n) is 3.86. The van der Waals surface area contributed by atoms with E-state index < -0.39 is 5.41 Å². The summed E-state index contributed by atoms with van der Waals surface area (Å²) in [5.41, 5.74) is 4.66. The highest BCUT2D eigenvalue weighted by molar-refractivity contribution is 6.06. The van der Waals surface area contributed by atoms with Gasteiger partial charge in [-0.3, -0.25) is 9.69 Å². The smallest absolute Gasteiger partial charge is 0.233 e. The first-order valence-corrected chi connectivity index (χ1v) is 7.22. The molecule has 1 amide bonds. The van der Waals surface area contributed by atoms with Gasteiger partial charge in [-0.05, 0) is 41.0 Å². The van der Waals surface area contributed by atoms with Crippen LogP contribution >= 0.6 is 0 Å². The van der Waals surface area contributed by atoms with Gasteiger partial charge in [0.15, 0.2) is 5.84 Å². The number of carbonyl (C=O) groups excluding carboxylic acids is 1. The molecule has 0 saturated heterocycles. The Morgan fingerprint density at radius 1 is 1.35 bits per heavy atom. The molecule has 6 heteroatoms. The number of nitrogens with two attached hydrogens (primary N) is 1. The van der Waals surface area contributed by atoms with E-state index in [2.05, 4.69) is 43.1 Å². The van der Waals surface area contributed by atoms with Gasteiger partial charge in [-0.2, -0.15) is 0 Å². The first-order chi connectivity index (χ1) is 9.20. The van der Waals surface area contributed by atoms with Gasteiger partial charge in [0.25, 0.3) is 0 Å². The molecule has 0 aliphatic heterocycles. The lowest BCUT2D eigenvalue weighted by molar-refractivity contribution is -0.127. The maximum Gasteiger partial charge on any atom is 0.233 e. The molecule has 1 atom stereocenters. The Morgan fingerprint density at radius 2 is 1.85 bits per heavy atom. The van der Waals surface area contributed by atoms with E-state index in [1.165, 1.54) is 0 Å². The van der Waals surface area contributed by atoms with Crippen LogP contribution < -0.4 is 11.1 Å². The summed E-state index contributed by atoms with van der Waals surface area (Å²) in [7, 11) is 0. The second-order valence-electron chi connectivity index (χ2n) is 5.85. The van der Waals surface area contributed by atoms with Gasteiger partial charge in [0, 0.05) is 25.2 Å². The minimum atomic E-state index is -0.963. The highest BCUT2D eigenvalue weighted by Gasteiger charge is 2.36. The van der Waals surface area contributed by atoms with E-state index in [4.69, 9.17) is 10.9 Å². The minimum absolute atomic E-state index is 0.0536. The van der Waals surface area contributed by atoms with E-state index in [0.29, 0.717) is 25.0 Å². The number of oxime groups is 1. The molecule has 118 valence electrons. The summed E-state index contributed by atoms with van der Waals surface area (Å²) < 4.78 is 0. The van der Waals surface area contributed by atoms with Crippen LogP contribution in [0.2, 0.25) is 0 Å². The summed E-state index contributed by atoms with van der Waals surface area (Å²) in [6, 6.07) is 0.849. The minimum Gasteiger partial charge on any atom is -0.409 e. The van der Waals surface area contributed by atoms with Gasteiger partial charge in [-0.25, -0.2) is 0 Å². The second kappa shape index (κ2) is 8.09. The second-order valence-corrected chi connectivity index (χ2v) is 5.85. The Kier molecular flexibility index (Phi) is 7.57. The van der Waals surface area contributed by atoms with Crippen LogP contribution in [0.5, 0.6) is 0 Å². The number of amides is 1. The van der Waals surface area contributed by atoms with Crippen molar-refractivity contribution in [1.29, 1.82) is 0 Å². The fourth-order valence-electron chi connectivity index (χ4n) is 2.17. The van der Waals surface area contributed by atoms with Gasteiger partial charge in [-0.1, -0.05) is 12.1 Å². The molecule has 0 rings (SSSR count). The SMILES string of the molecule is CCC(C)(C(=O)NCCN(C(C)C)C(C)C)C(N)=NO. The molecule has 0 spiro atoms. The fourth-order valence-corrected chi connectivity index (χ4v) is 2.17. The van der Waals surface area contributed by atoms with Crippen LogP contribution in [-0.2, 0) is 4.79 Å². The molecule has 20 heavy (non-hydrogen) atoms. The first-order valence-electron chi connectivity index (χ1n) is 7.22. The van der Waals surface area contributed by atoms with Crippen molar-refractivity contribution in [2.24, 2.45) is 16.3 Å². The summed E-state index contributed by atoms with van der Waals surface area (Å²) in [6.45, 7) is 13.4. The van der Waals surface area contributed by atoms with Crippen molar-refractivity contribution in [3.63, 3.8) is 0 Å². The topological polar surface area (TPSA) is 91.0 Å². The number of carbonyl (C=O) groups is 1. The zero-order chi connectivity index (χ0) is 15.9. The van der Waals surface area contributed by atoms with Crippen molar-refractivity contribution >= 4 is 11.7 Å². The molecular weight excluding hydrogens is 256 g/mol. The number of hydrogen-bond donors (Lipinski definition) is 3. The van der Waals surface area contributed by atoms with Gasteiger partial charge in [0.1, 0.15) is 5.41 Å². The summed E-state index contributed by atoms with van der Waals surface area (Å²) >= 11 is 0. The van der Waals surface area contributed by atoms with E-state index >= 15 is 0 Å². The molecule has 0 fully saturated rings. The molecule has 0 aliphatic carbocycles. The maximum atomic E-state index is 12.2. The number of hydrogen-bond acceptors (Lipinski definition) is 4. The van der Waals surface area contributed by atoms with Crippen molar-refractivity contribution in [1.82, 2.24) is 10.2 Å². The standard InChI is InChI=1S/C14H30N4O2/c1-7-14(6,12(15)17-20)13(19)16-8-9-18(10(2)3)11(4)5/h10-11,20H,7-9H2,1-6H3,(H2,15,17)(H,16,19). The molecule has 4 N–H and O–H groups in total. The van der Waals surface area contributed by atoms with Crippen molar-refractivity contribution in [2.75, 3.05) is 13.1 Å². The van der Waals surface area contributed by atoms with Crippen LogP contribution in [0.15, 0.2) is 5.16 Å². The highest BCUT2D eigenvalue weighted by Crippen LogP contribution is 2.21. The predicted octanol–water partition coefficient (Wildman–Crippen LogP) is 1.38. The number of amidine groups is 1. The fraction of sp³-hybridized carbons (Fsp3) is 0.857. The predicted molar refractivity (Wildman–Crippen MR) is 81.8 cm³/mol. The van der Waals surface area contributed by atoms with Gasteiger partial charge in [0.2, 0.25) is 5.91 Å². The van der Waals surface area contributed by atoms with Crippen LogP contribution in [0.4, 0.5) is 0 Å². The third-order valence-corrected chi connectivity index (χ3v) is 3.86. The van der Waals surface area contributed by atoms with E-state index in [1.807, 2.05) is 6.92 Å². The molecule has 0 aromatic rings. The average Bonchev–Trinajstić information content (AvgIpc) is 2.40. The van der Waals surface area contributed by atoms with Crippen LogP contribution in [0.25, 0.3) is 0 Å². The van der Waals surface area contributed by atoms with Crippen molar-refractivity contribution in [3.05, 3.63) is 0 Å². The first kappa shape index (κ1) is 18.7. The number of nitrogens with one attached hydrogen (secondary N) is 1.